The summed E-state index contributed by atoms with van der Waals surface area (Å²) in [5, 5.41) is 29.3. The predicted octanol–water partition coefficient (Wildman–Crippen LogP) is 4.42. The van der Waals surface area contributed by atoms with Gasteiger partial charge in [-0.3, -0.25) is 14.7 Å². The van der Waals surface area contributed by atoms with E-state index in [1.165, 1.54) is 42.5 Å². The second-order valence-corrected chi connectivity index (χ2v) is 7.08. The van der Waals surface area contributed by atoms with Crippen molar-refractivity contribution in [3.63, 3.8) is 0 Å². The number of phenolic OH excluding ortho intramolecular Hbond substituents is 1. The minimum Gasteiger partial charge on any atom is -0.506 e. The van der Waals surface area contributed by atoms with E-state index in [2.05, 4.69) is 10.2 Å². The normalized spacial score (nSPS) is 11.9. The van der Waals surface area contributed by atoms with Crippen LogP contribution in [0.2, 0.25) is 0 Å². The fourth-order valence-corrected chi connectivity index (χ4v) is 3.32. The Hall–Kier alpha value is -3.37. The first-order valence-corrected chi connectivity index (χ1v) is 9.01. The van der Waals surface area contributed by atoms with E-state index in [1.807, 2.05) is 0 Å². The molecule has 27 heavy (non-hydrogen) atoms. The van der Waals surface area contributed by atoms with Crippen molar-refractivity contribution < 1.29 is 23.0 Å². The molecule has 0 bridgehead atoms. The van der Waals surface area contributed by atoms with Gasteiger partial charge in [0.05, 0.1) is 10.6 Å². The molecule has 3 rings (SSSR count). The summed E-state index contributed by atoms with van der Waals surface area (Å²) >= 11 is 0. The summed E-state index contributed by atoms with van der Waals surface area (Å²) in [6.45, 7) is 1.61. The van der Waals surface area contributed by atoms with Crippen molar-refractivity contribution in [2.45, 2.75) is 11.8 Å². The molecular weight excluding hydrogens is 374 g/mol. The molecule has 0 amide bonds. The number of phenols is 1. The number of nitro groups is 1. The van der Waals surface area contributed by atoms with Crippen LogP contribution < -0.4 is 0 Å². The Morgan fingerprint density at radius 3 is 2.44 bits per heavy atom. The SMILES string of the molecule is Cc1cc([N+](=O)[O-])ccc1N=Nc1c(O)ccc2cccc(S(=O)(=O)O)c12. The van der Waals surface area contributed by atoms with Crippen LogP contribution in [0.1, 0.15) is 5.56 Å². The highest BCUT2D eigenvalue weighted by molar-refractivity contribution is 7.86. The van der Waals surface area contributed by atoms with Gasteiger partial charge in [-0.1, -0.05) is 18.2 Å². The molecule has 0 saturated heterocycles. The van der Waals surface area contributed by atoms with Crippen molar-refractivity contribution in [1.82, 2.24) is 0 Å². The second-order valence-electron chi connectivity index (χ2n) is 5.69. The van der Waals surface area contributed by atoms with Gasteiger partial charge in [-0.15, -0.1) is 5.11 Å². The van der Waals surface area contributed by atoms with E-state index in [0.29, 0.717) is 16.6 Å². The second kappa shape index (κ2) is 6.74. The van der Waals surface area contributed by atoms with E-state index < -0.39 is 19.9 Å². The number of non-ortho nitro benzene ring substituents is 1. The minimum atomic E-state index is -4.56. The molecule has 0 heterocycles. The van der Waals surface area contributed by atoms with Crippen LogP contribution in [0.3, 0.4) is 0 Å². The van der Waals surface area contributed by atoms with Crippen LogP contribution in [0.15, 0.2) is 63.7 Å². The molecule has 0 aromatic heterocycles. The Morgan fingerprint density at radius 1 is 1.07 bits per heavy atom. The van der Waals surface area contributed by atoms with E-state index in [0.717, 1.165) is 0 Å². The lowest BCUT2D eigenvalue weighted by Gasteiger charge is -2.08. The van der Waals surface area contributed by atoms with Crippen LogP contribution in [-0.2, 0) is 10.1 Å². The molecule has 0 aliphatic rings. The maximum atomic E-state index is 11.7. The lowest BCUT2D eigenvalue weighted by molar-refractivity contribution is -0.384. The van der Waals surface area contributed by atoms with Crippen LogP contribution in [0.4, 0.5) is 17.1 Å². The van der Waals surface area contributed by atoms with Crippen LogP contribution in [0.25, 0.3) is 10.8 Å². The molecule has 10 heteroatoms. The summed E-state index contributed by atoms with van der Waals surface area (Å²) in [5.74, 6) is -0.332. The van der Waals surface area contributed by atoms with E-state index >= 15 is 0 Å². The largest absolute Gasteiger partial charge is 0.506 e. The average molecular weight is 387 g/mol. The quantitative estimate of drug-likeness (QED) is 0.293. The monoisotopic (exact) mass is 387 g/mol. The van der Waals surface area contributed by atoms with Gasteiger partial charge in [0.1, 0.15) is 16.3 Å². The van der Waals surface area contributed by atoms with Crippen molar-refractivity contribution in [2.24, 2.45) is 10.2 Å². The van der Waals surface area contributed by atoms with Gasteiger partial charge < -0.3 is 5.11 Å². The van der Waals surface area contributed by atoms with Gasteiger partial charge in [0, 0.05) is 17.5 Å². The zero-order valence-corrected chi connectivity index (χ0v) is 14.7. The molecule has 2 N–H and O–H groups in total. The maximum Gasteiger partial charge on any atom is 0.295 e. The Bertz CT molecular complexity index is 1200. The van der Waals surface area contributed by atoms with E-state index in [1.54, 1.807) is 13.0 Å². The fraction of sp³-hybridized carbons (Fsp3) is 0.0588. The number of nitro benzene ring substituents is 1. The molecule has 0 spiro atoms. The third-order valence-electron chi connectivity index (χ3n) is 3.89. The Kier molecular flexibility index (Phi) is 4.60. The molecule has 0 aliphatic carbocycles. The van der Waals surface area contributed by atoms with Crippen LogP contribution in [-0.4, -0.2) is 23.0 Å². The van der Waals surface area contributed by atoms with E-state index in [-0.39, 0.29) is 22.5 Å². The zero-order valence-electron chi connectivity index (χ0n) is 13.9. The highest BCUT2D eigenvalue weighted by Crippen LogP contribution is 2.39. The van der Waals surface area contributed by atoms with Crippen molar-refractivity contribution in [2.75, 3.05) is 0 Å². The first kappa shape index (κ1) is 18.4. The van der Waals surface area contributed by atoms with Crippen molar-refractivity contribution in [1.29, 1.82) is 0 Å². The minimum absolute atomic E-state index is 0.0170. The smallest absolute Gasteiger partial charge is 0.295 e. The van der Waals surface area contributed by atoms with E-state index in [4.69, 9.17) is 0 Å². The lowest BCUT2D eigenvalue weighted by atomic mass is 10.1. The molecule has 3 aromatic rings. The summed E-state index contributed by atoms with van der Waals surface area (Å²) in [4.78, 5) is 9.85. The van der Waals surface area contributed by atoms with Crippen LogP contribution in [0, 0.1) is 17.0 Å². The number of hydrogen-bond acceptors (Lipinski definition) is 7. The van der Waals surface area contributed by atoms with Crippen molar-refractivity contribution in [3.8, 4) is 5.75 Å². The number of rotatable bonds is 4. The first-order valence-electron chi connectivity index (χ1n) is 7.57. The van der Waals surface area contributed by atoms with Gasteiger partial charge in [0.25, 0.3) is 15.8 Å². The lowest BCUT2D eigenvalue weighted by Crippen LogP contribution is -1.99. The maximum absolute atomic E-state index is 11.7. The number of hydrogen-bond donors (Lipinski definition) is 2. The summed E-state index contributed by atoms with van der Waals surface area (Å²) < 4.78 is 32.8. The molecule has 0 atom stereocenters. The molecule has 0 aliphatic heterocycles. The molecule has 138 valence electrons. The molecule has 3 aromatic carbocycles. The summed E-state index contributed by atoms with van der Waals surface area (Å²) in [6, 6.07) is 11.0. The number of fused-ring (bicyclic) bond motifs is 1. The van der Waals surface area contributed by atoms with Crippen LogP contribution >= 0.6 is 0 Å². The topological polar surface area (TPSA) is 142 Å². The number of aryl methyl sites for hydroxylation is 1. The van der Waals surface area contributed by atoms with E-state index in [9.17, 15) is 28.2 Å². The number of aromatic hydroxyl groups is 1. The highest BCUT2D eigenvalue weighted by Gasteiger charge is 2.19. The van der Waals surface area contributed by atoms with Crippen molar-refractivity contribution in [3.05, 3.63) is 64.2 Å². The Balaban J connectivity index is 2.19. The standard InChI is InChI=1S/C17H13N3O6S/c1-10-9-12(20(22)23)6-7-13(10)18-19-17-14(21)8-5-11-3-2-4-15(16(11)17)27(24,25)26/h2-9,21H,1H3,(H,24,25,26). The molecule has 0 radical (unpaired) electrons. The summed E-state index contributed by atoms with van der Waals surface area (Å²) in [5.41, 5.74) is 0.538. The van der Waals surface area contributed by atoms with Gasteiger partial charge in [-0.2, -0.15) is 13.5 Å². The van der Waals surface area contributed by atoms with Gasteiger partial charge >= 0.3 is 0 Å². The highest BCUT2D eigenvalue weighted by atomic mass is 32.2. The number of nitrogens with zero attached hydrogens (tertiary/aromatic N) is 3. The van der Waals surface area contributed by atoms with Crippen molar-refractivity contribution >= 4 is 38.0 Å². The van der Waals surface area contributed by atoms with Gasteiger partial charge in [-0.25, -0.2) is 0 Å². The fourth-order valence-electron chi connectivity index (χ4n) is 2.60. The molecular formula is C17H13N3O6S. The predicted molar refractivity (Wildman–Crippen MR) is 97.4 cm³/mol. The Morgan fingerprint density at radius 2 is 1.81 bits per heavy atom. The summed E-state index contributed by atoms with van der Waals surface area (Å²) in [7, 11) is -4.56. The molecule has 0 unspecified atom stereocenters. The van der Waals surface area contributed by atoms with Gasteiger partial charge in [0.2, 0.25) is 0 Å². The zero-order chi connectivity index (χ0) is 19.8. The average Bonchev–Trinajstić information content (AvgIpc) is 2.60. The Labute approximate surface area is 153 Å². The van der Waals surface area contributed by atoms with Gasteiger partial charge in [-0.05, 0) is 36.1 Å². The third-order valence-corrected chi connectivity index (χ3v) is 4.78. The third kappa shape index (κ3) is 3.61. The number of benzene rings is 3. The van der Waals surface area contributed by atoms with Crippen LogP contribution in [0.5, 0.6) is 5.75 Å². The molecule has 9 nitrogen and oxygen atoms in total. The number of azo groups is 1. The molecule has 0 fully saturated rings. The van der Waals surface area contributed by atoms with Gasteiger partial charge in [0.15, 0.2) is 0 Å². The summed E-state index contributed by atoms with van der Waals surface area (Å²) in [6.07, 6.45) is 0. The molecule has 0 saturated carbocycles. The first-order chi connectivity index (χ1) is 12.7.